The molecule has 1 aliphatic rings. The van der Waals surface area contributed by atoms with Crippen LogP contribution in [0.3, 0.4) is 0 Å². The minimum Gasteiger partial charge on any atom is -0.389 e. The minimum atomic E-state index is -0.718. The molecule has 170 valence electrons. The molecule has 0 radical (unpaired) electrons. The molecule has 33 heavy (non-hydrogen) atoms. The Morgan fingerprint density at radius 2 is 2.09 bits per heavy atom. The van der Waals surface area contributed by atoms with Crippen molar-refractivity contribution in [2.24, 2.45) is 14.1 Å². The highest BCUT2D eigenvalue weighted by Gasteiger charge is 2.26. The number of amides is 1. The summed E-state index contributed by atoms with van der Waals surface area (Å²) < 4.78 is 8.91. The molecule has 5 rings (SSSR count). The lowest BCUT2D eigenvalue weighted by Crippen LogP contribution is -2.48. The number of rotatable bonds is 5. The Morgan fingerprint density at radius 3 is 2.82 bits per heavy atom. The molecule has 9 nitrogen and oxygen atoms in total. The Balaban J connectivity index is 1.42. The van der Waals surface area contributed by atoms with Crippen LogP contribution < -0.4 is 5.32 Å². The number of carbonyl (C=O) groups excluding carboxylic acids is 1. The summed E-state index contributed by atoms with van der Waals surface area (Å²) in [5.41, 5.74) is 4.73. The van der Waals surface area contributed by atoms with E-state index < -0.39 is 6.10 Å². The van der Waals surface area contributed by atoms with Crippen molar-refractivity contribution in [2.45, 2.75) is 25.0 Å². The number of carbonyl (C=O) groups is 1. The van der Waals surface area contributed by atoms with Crippen LogP contribution in [0.2, 0.25) is 0 Å². The number of hydrogen-bond acceptors (Lipinski definition) is 6. The lowest BCUT2D eigenvalue weighted by atomic mass is 10.0. The topological polar surface area (TPSA) is 107 Å². The van der Waals surface area contributed by atoms with Gasteiger partial charge in [0.25, 0.3) is 5.91 Å². The van der Waals surface area contributed by atoms with Crippen LogP contribution in [0.4, 0.5) is 0 Å². The van der Waals surface area contributed by atoms with Gasteiger partial charge in [0.2, 0.25) is 0 Å². The molecule has 9 heteroatoms. The summed E-state index contributed by atoms with van der Waals surface area (Å²) in [6.45, 7) is 0.737. The minimum absolute atomic E-state index is 0.224. The molecule has 0 unspecified atom stereocenters. The maximum Gasteiger partial charge on any atom is 0.270 e. The number of nitrogens with one attached hydrogen (secondary N) is 1. The van der Waals surface area contributed by atoms with Gasteiger partial charge in [0.1, 0.15) is 17.0 Å². The van der Waals surface area contributed by atoms with Crippen molar-refractivity contribution in [3.8, 4) is 11.4 Å². The summed E-state index contributed by atoms with van der Waals surface area (Å²) >= 11 is 0. The Morgan fingerprint density at radius 1 is 1.21 bits per heavy atom. The predicted octanol–water partition coefficient (Wildman–Crippen LogP) is 1.84. The average molecular weight is 447 g/mol. The summed E-state index contributed by atoms with van der Waals surface area (Å²) in [4.78, 5) is 22.2. The van der Waals surface area contributed by atoms with Crippen molar-refractivity contribution in [3.05, 3.63) is 65.7 Å². The molecule has 0 spiro atoms. The van der Waals surface area contributed by atoms with Gasteiger partial charge in [-0.25, -0.2) is 4.98 Å². The first-order valence-corrected chi connectivity index (χ1v) is 10.9. The van der Waals surface area contributed by atoms with Crippen molar-refractivity contribution < 1.29 is 14.6 Å². The van der Waals surface area contributed by atoms with Gasteiger partial charge < -0.3 is 19.7 Å². The van der Waals surface area contributed by atoms with Crippen molar-refractivity contribution >= 4 is 16.9 Å². The van der Waals surface area contributed by atoms with E-state index in [1.54, 1.807) is 4.68 Å². The third-order valence-electron chi connectivity index (χ3n) is 5.99. The smallest absolute Gasteiger partial charge is 0.270 e. The summed E-state index contributed by atoms with van der Waals surface area (Å²) in [5, 5.41) is 18.4. The second kappa shape index (κ2) is 8.76. The number of fused-ring (bicyclic) bond motifs is 1. The van der Waals surface area contributed by atoms with E-state index in [2.05, 4.69) is 20.4 Å². The second-order valence-corrected chi connectivity index (χ2v) is 8.44. The fourth-order valence-corrected chi connectivity index (χ4v) is 4.15. The molecule has 4 aromatic rings. The van der Waals surface area contributed by atoms with Crippen LogP contribution in [-0.4, -0.2) is 60.7 Å². The summed E-state index contributed by atoms with van der Waals surface area (Å²) in [5.74, 6) is -0.297. The van der Waals surface area contributed by atoms with Crippen LogP contribution >= 0.6 is 0 Å². The molecule has 0 bridgehead atoms. The van der Waals surface area contributed by atoms with Gasteiger partial charge in [-0.1, -0.05) is 6.07 Å². The van der Waals surface area contributed by atoms with Gasteiger partial charge in [-0.05, 0) is 48.2 Å². The van der Waals surface area contributed by atoms with Crippen LogP contribution in [-0.2, 0) is 25.3 Å². The Bertz CT molecular complexity index is 1290. The largest absolute Gasteiger partial charge is 0.389 e. The van der Waals surface area contributed by atoms with Gasteiger partial charge in [-0.3, -0.25) is 14.5 Å². The zero-order valence-corrected chi connectivity index (χ0v) is 18.6. The van der Waals surface area contributed by atoms with Crippen LogP contribution in [0, 0.1) is 0 Å². The molecule has 1 saturated heterocycles. The first-order chi connectivity index (χ1) is 16.0. The van der Waals surface area contributed by atoms with Gasteiger partial charge in [-0.15, -0.1) is 0 Å². The maximum absolute atomic E-state index is 13.0. The normalized spacial score (nSPS) is 18.5. The molecule has 5 heterocycles. The SMILES string of the molecule is Cn1ccc(-c2ccc(Cc3cc(C(=O)N[C@@H]4CCOC[C@H]4O)nc4c3ccn4C)cn2)n1. The quantitative estimate of drug-likeness (QED) is 0.485. The zero-order valence-electron chi connectivity index (χ0n) is 18.6. The summed E-state index contributed by atoms with van der Waals surface area (Å²) in [6, 6.07) is 9.42. The predicted molar refractivity (Wildman–Crippen MR) is 123 cm³/mol. The van der Waals surface area contributed by atoms with Crippen LogP contribution in [0.25, 0.3) is 22.4 Å². The van der Waals surface area contributed by atoms with Gasteiger partial charge in [0.05, 0.1) is 24.4 Å². The van der Waals surface area contributed by atoms with E-state index in [0.29, 0.717) is 25.1 Å². The van der Waals surface area contributed by atoms with E-state index in [9.17, 15) is 9.90 Å². The molecular formula is C24H26N6O3. The monoisotopic (exact) mass is 446 g/mol. The number of ether oxygens (including phenoxy) is 1. The maximum atomic E-state index is 13.0. The molecule has 1 aliphatic heterocycles. The third-order valence-corrected chi connectivity index (χ3v) is 5.99. The number of hydrogen-bond donors (Lipinski definition) is 2. The van der Waals surface area contributed by atoms with Gasteiger partial charge in [-0.2, -0.15) is 5.10 Å². The number of aliphatic hydroxyl groups is 1. The fourth-order valence-electron chi connectivity index (χ4n) is 4.15. The van der Waals surface area contributed by atoms with Gasteiger partial charge in [0, 0.05) is 44.7 Å². The highest BCUT2D eigenvalue weighted by atomic mass is 16.5. The lowest BCUT2D eigenvalue weighted by Gasteiger charge is -2.28. The van der Waals surface area contributed by atoms with Crippen LogP contribution in [0.15, 0.2) is 48.9 Å². The Labute approximate surface area is 191 Å². The van der Waals surface area contributed by atoms with Gasteiger partial charge >= 0.3 is 0 Å². The Kier molecular flexibility index (Phi) is 5.65. The number of pyridine rings is 2. The van der Waals surface area contributed by atoms with E-state index in [0.717, 1.165) is 33.5 Å². The van der Waals surface area contributed by atoms with Crippen LogP contribution in [0.5, 0.6) is 0 Å². The van der Waals surface area contributed by atoms with E-state index in [4.69, 9.17) is 4.74 Å². The molecule has 2 atom stereocenters. The highest BCUT2D eigenvalue weighted by Crippen LogP contribution is 2.23. The van der Waals surface area contributed by atoms with E-state index in [-0.39, 0.29) is 18.6 Å². The zero-order chi connectivity index (χ0) is 22.9. The molecule has 0 saturated carbocycles. The van der Waals surface area contributed by atoms with Gasteiger partial charge in [0.15, 0.2) is 0 Å². The van der Waals surface area contributed by atoms with Crippen LogP contribution in [0.1, 0.15) is 28.0 Å². The van der Waals surface area contributed by atoms with E-state index in [1.165, 1.54) is 0 Å². The number of aliphatic hydroxyl groups excluding tert-OH is 1. The Hall–Kier alpha value is -3.56. The molecule has 2 N–H and O–H groups in total. The molecule has 4 aromatic heterocycles. The first kappa shape index (κ1) is 21.3. The lowest BCUT2D eigenvalue weighted by molar-refractivity contribution is -0.0261. The number of aromatic nitrogens is 5. The summed E-state index contributed by atoms with van der Waals surface area (Å²) in [6.07, 6.45) is 6.13. The molecule has 0 aliphatic carbocycles. The number of nitrogens with zero attached hydrogens (tertiary/aromatic N) is 5. The first-order valence-electron chi connectivity index (χ1n) is 10.9. The standard InChI is InChI=1S/C24H26N6O3/c1-29-8-5-17-16(11-15-3-4-18(25-13-15)19-6-9-30(2)28-19)12-21(26-23(17)29)24(32)27-20-7-10-33-14-22(20)31/h3-6,8-9,12-13,20,22,31H,7,10-11,14H2,1-2H3,(H,27,32)/t20-,22-/m1/s1. The fraction of sp³-hybridized carbons (Fsp3) is 0.333. The van der Waals surface area contributed by atoms with Crippen molar-refractivity contribution in [1.29, 1.82) is 0 Å². The van der Waals surface area contributed by atoms with Crippen molar-refractivity contribution in [2.75, 3.05) is 13.2 Å². The van der Waals surface area contributed by atoms with Crippen molar-refractivity contribution in [1.82, 2.24) is 29.6 Å². The summed E-state index contributed by atoms with van der Waals surface area (Å²) in [7, 11) is 3.79. The van der Waals surface area contributed by atoms with Crippen molar-refractivity contribution in [3.63, 3.8) is 0 Å². The van der Waals surface area contributed by atoms with E-state index >= 15 is 0 Å². The molecule has 1 fully saturated rings. The highest BCUT2D eigenvalue weighted by molar-refractivity contribution is 5.95. The molecule has 1 amide bonds. The third kappa shape index (κ3) is 4.37. The molecular weight excluding hydrogens is 420 g/mol. The van der Waals surface area contributed by atoms with E-state index in [1.807, 2.05) is 67.6 Å². The molecule has 0 aromatic carbocycles. The average Bonchev–Trinajstić information content (AvgIpc) is 3.42. The second-order valence-electron chi connectivity index (χ2n) is 8.44. The number of aryl methyl sites for hydroxylation is 2.